The summed E-state index contributed by atoms with van der Waals surface area (Å²) in [5.41, 5.74) is 0.895. The SMILES string of the molecule is CCCCCCCCOS(=O)(=O)c1c(CCCCCCCC)ccc2ccccc12.[Zn]. The Morgan fingerprint density at radius 2 is 1.29 bits per heavy atom. The number of rotatable bonds is 16. The zero-order valence-corrected chi connectivity index (χ0v) is 23.5. The standard InChI is InChI=1S/C26H40O3S.Zn/c1-3-5-7-9-11-13-18-24-21-20-23-17-14-15-19-25(23)26(24)30(27,28)29-22-16-12-10-8-6-4-2;/h14-15,17,19-21H,3-13,16,18,22H2,1-2H3;. The summed E-state index contributed by atoms with van der Waals surface area (Å²) in [5, 5.41) is 1.73. The number of hydrogen-bond donors (Lipinski definition) is 0. The van der Waals surface area contributed by atoms with E-state index in [9.17, 15) is 8.42 Å². The Balaban J connectivity index is 0.00000480. The smallest absolute Gasteiger partial charge is 0.266 e. The first-order valence-corrected chi connectivity index (χ1v) is 13.4. The third-order valence-electron chi connectivity index (χ3n) is 5.75. The Morgan fingerprint density at radius 3 is 1.97 bits per heavy atom. The van der Waals surface area contributed by atoms with Crippen LogP contribution in [0.1, 0.15) is 96.5 Å². The van der Waals surface area contributed by atoms with E-state index in [1.165, 1.54) is 44.9 Å². The Morgan fingerprint density at radius 1 is 0.710 bits per heavy atom. The van der Waals surface area contributed by atoms with Gasteiger partial charge in [0.25, 0.3) is 10.1 Å². The van der Waals surface area contributed by atoms with Crippen molar-refractivity contribution in [1.82, 2.24) is 0 Å². The molecule has 0 aromatic heterocycles. The van der Waals surface area contributed by atoms with Crippen LogP contribution in [0.15, 0.2) is 41.3 Å². The van der Waals surface area contributed by atoms with Crippen molar-refractivity contribution < 1.29 is 32.1 Å². The van der Waals surface area contributed by atoms with E-state index in [1.54, 1.807) is 0 Å². The maximum absolute atomic E-state index is 13.2. The van der Waals surface area contributed by atoms with Gasteiger partial charge in [-0.2, -0.15) is 8.42 Å². The molecule has 0 atom stereocenters. The Bertz CT molecular complexity index is 849. The number of fused-ring (bicyclic) bond motifs is 1. The molecule has 0 N–H and O–H groups in total. The average molecular weight is 498 g/mol. The van der Waals surface area contributed by atoms with Gasteiger partial charge in [0.2, 0.25) is 0 Å². The second-order valence-electron chi connectivity index (χ2n) is 8.34. The van der Waals surface area contributed by atoms with E-state index >= 15 is 0 Å². The van der Waals surface area contributed by atoms with Gasteiger partial charge in [-0.3, -0.25) is 4.18 Å². The molecular formula is C26H40O3SZn. The number of benzene rings is 2. The number of unbranched alkanes of at least 4 members (excludes halogenated alkanes) is 10. The molecule has 5 heteroatoms. The molecule has 3 nitrogen and oxygen atoms in total. The summed E-state index contributed by atoms with van der Waals surface area (Å²) in [4.78, 5) is 0.389. The molecule has 0 saturated carbocycles. The van der Waals surface area contributed by atoms with Gasteiger partial charge in [0.15, 0.2) is 0 Å². The topological polar surface area (TPSA) is 43.4 Å². The van der Waals surface area contributed by atoms with Gasteiger partial charge < -0.3 is 0 Å². The fraction of sp³-hybridized carbons (Fsp3) is 0.615. The zero-order chi connectivity index (χ0) is 21.7. The van der Waals surface area contributed by atoms with Crippen LogP contribution in [0.4, 0.5) is 0 Å². The molecule has 0 aliphatic heterocycles. The van der Waals surface area contributed by atoms with Crippen molar-refractivity contribution in [2.45, 2.75) is 102 Å². The van der Waals surface area contributed by atoms with E-state index in [2.05, 4.69) is 13.8 Å². The van der Waals surface area contributed by atoms with Crippen LogP contribution in [0.25, 0.3) is 10.8 Å². The summed E-state index contributed by atoms with van der Waals surface area (Å²) in [7, 11) is -3.77. The molecule has 0 heterocycles. The quantitative estimate of drug-likeness (QED) is 0.135. The molecule has 2 aromatic rings. The van der Waals surface area contributed by atoms with Crippen LogP contribution in [0.2, 0.25) is 0 Å². The first-order chi connectivity index (χ1) is 14.6. The minimum atomic E-state index is -3.77. The average Bonchev–Trinajstić information content (AvgIpc) is 2.75. The summed E-state index contributed by atoms with van der Waals surface area (Å²) in [6.07, 6.45) is 14.6. The van der Waals surface area contributed by atoms with Gasteiger partial charge in [0.05, 0.1) is 6.61 Å². The summed E-state index contributed by atoms with van der Waals surface area (Å²) in [5.74, 6) is 0. The van der Waals surface area contributed by atoms with Crippen molar-refractivity contribution in [3.8, 4) is 0 Å². The van der Waals surface area contributed by atoms with E-state index in [0.717, 1.165) is 54.9 Å². The molecule has 0 unspecified atom stereocenters. The molecule has 0 aliphatic rings. The molecule has 170 valence electrons. The fourth-order valence-corrected chi connectivity index (χ4v) is 5.39. The number of hydrogen-bond acceptors (Lipinski definition) is 3. The predicted molar refractivity (Wildman–Crippen MR) is 128 cm³/mol. The molecule has 2 rings (SSSR count). The van der Waals surface area contributed by atoms with Gasteiger partial charge in [-0.1, -0.05) is 114 Å². The fourth-order valence-electron chi connectivity index (χ4n) is 3.99. The van der Waals surface area contributed by atoms with Crippen LogP contribution in [0.5, 0.6) is 0 Å². The van der Waals surface area contributed by atoms with Crippen molar-refractivity contribution in [3.63, 3.8) is 0 Å². The van der Waals surface area contributed by atoms with Crippen LogP contribution < -0.4 is 0 Å². The van der Waals surface area contributed by atoms with Crippen LogP contribution in [0, 0.1) is 0 Å². The molecule has 0 fully saturated rings. The third kappa shape index (κ3) is 9.72. The van der Waals surface area contributed by atoms with E-state index in [-0.39, 0.29) is 26.1 Å². The first-order valence-electron chi connectivity index (χ1n) is 12.0. The van der Waals surface area contributed by atoms with Crippen LogP contribution >= 0.6 is 0 Å². The number of aryl methyl sites for hydroxylation is 1. The van der Waals surface area contributed by atoms with Crippen LogP contribution in [-0.4, -0.2) is 15.0 Å². The second kappa shape index (κ2) is 15.9. The molecule has 0 aliphatic carbocycles. The van der Waals surface area contributed by atoms with Gasteiger partial charge in [0, 0.05) is 24.9 Å². The monoisotopic (exact) mass is 496 g/mol. The van der Waals surface area contributed by atoms with Gasteiger partial charge in [-0.15, -0.1) is 0 Å². The molecule has 0 amide bonds. The normalized spacial score (nSPS) is 11.5. The molecule has 0 spiro atoms. The Labute approximate surface area is 203 Å². The Hall–Kier alpha value is -0.767. The van der Waals surface area contributed by atoms with Gasteiger partial charge in [-0.25, -0.2) is 0 Å². The minimum absolute atomic E-state index is 0. The van der Waals surface area contributed by atoms with Gasteiger partial charge in [0.1, 0.15) is 4.90 Å². The van der Waals surface area contributed by atoms with Crippen LogP contribution in [0.3, 0.4) is 0 Å². The summed E-state index contributed by atoms with van der Waals surface area (Å²) >= 11 is 0. The van der Waals surface area contributed by atoms with Gasteiger partial charge >= 0.3 is 0 Å². The van der Waals surface area contributed by atoms with Crippen molar-refractivity contribution in [2.75, 3.05) is 6.61 Å². The summed E-state index contributed by atoms with van der Waals surface area (Å²) in [6.45, 7) is 4.69. The van der Waals surface area contributed by atoms with E-state index in [1.807, 2.05) is 36.4 Å². The molecule has 31 heavy (non-hydrogen) atoms. The zero-order valence-electron chi connectivity index (χ0n) is 19.7. The Kier molecular flexibility index (Phi) is 14.5. The van der Waals surface area contributed by atoms with E-state index in [0.29, 0.717) is 4.90 Å². The summed E-state index contributed by atoms with van der Waals surface area (Å²) in [6, 6.07) is 11.7. The van der Waals surface area contributed by atoms with Crippen molar-refractivity contribution >= 4 is 20.9 Å². The second-order valence-corrected chi connectivity index (χ2v) is 9.89. The molecule has 2 aromatic carbocycles. The minimum Gasteiger partial charge on any atom is -0.266 e. The van der Waals surface area contributed by atoms with Crippen molar-refractivity contribution in [1.29, 1.82) is 0 Å². The maximum atomic E-state index is 13.2. The largest absolute Gasteiger partial charge is 0.297 e. The van der Waals surface area contributed by atoms with E-state index < -0.39 is 10.1 Å². The third-order valence-corrected chi connectivity index (χ3v) is 7.21. The summed E-state index contributed by atoms with van der Waals surface area (Å²) < 4.78 is 31.8. The maximum Gasteiger partial charge on any atom is 0.297 e. The van der Waals surface area contributed by atoms with Gasteiger partial charge in [-0.05, 0) is 30.2 Å². The molecule has 0 bridgehead atoms. The molecule has 0 saturated heterocycles. The first kappa shape index (κ1) is 28.3. The predicted octanol–water partition coefficient (Wildman–Crippen LogP) is 7.81. The van der Waals surface area contributed by atoms with Crippen molar-refractivity contribution in [3.05, 3.63) is 42.0 Å². The van der Waals surface area contributed by atoms with E-state index in [4.69, 9.17) is 4.18 Å². The molecule has 0 radical (unpaired) electrons. The van der Waals surface area contributed by atoms with Crippen molar-refractivity contribution in [2.24, 2.45) is 0 Å². The molecular weight excluding hydrogens is 458 g/mol. The van der Waals surface area contributed by atoms with Crippen LogP contribution in [-0.2, 0) is 40.2 Å².